The molecule has 1 amide bonds. The number of amides is 1. The Labute approximate surface area is 146 Å². The van der Waals surface area contributed by atoms with Gasteiger partial charge in [-0.1, -0.05) is 43.3 Å². The Morgan fingerprint density at radius 2 is 2.08 bits per heavy atom. The molecular formula is C20H21N3O2. The summed E-state index contributed by atoms with van der Waals surface area (Å²) in [5, 5.41) is 8.53. The second-order valence-corrected chi connectivity index (χ2v) is 5.96. The molecule has 0 aliphatic heterocycles. The van der Waals surface area contributed by atoms with Gasteiger partial charge in [0.15, 0.2) is 0 Å². The number of aromatic nitrogens is 2. The number of carbonyl (C=O) groups is 1. The number of fused-ring (bicyclic) bond motifs is 1. The molecule has 5 nitrogen and oxygen atoms in total. The predicted octanol–water partition coefficient (Wildman–Crippen LogP) is 3.75. The van der Waals surface area contributed by atoms with Crippen LogP contribution in [0.1, 0.15) is 30.5 Å². The standard InChI is InChI=1S/C20H21N3O2/c1-2-17(12-15-6-4-3-5-7-15)23-14-21-18-13-16(8-10-19(18)23)9-11-20(24)22-25/h3-11,13-14,17,25H,2,12H2,1H3,(H,22,24). The molecule has 3 rings (SSSR count). The lowest BCUT2D eigenvalue weighted by molar-refractivity contribution is -0.124. The summed E-state index contributed by atoms with van der Waals surface area (Å²) in [7, 11) is 0. The van der Waals surface area contributed by atoms with Gasteiger partial charge in [0.2, 0.25) is 0 Å². The molecule has 0 fully saturated rings. The normalized spacial score (nSPS) is 12.6. The van der Waals surface area contributed by atoms with E-state index in [1.165, 1.54) is 11.6 Å². The van der Waals surface area contributed by atoms with Crippen LogP contribution in [-0.4, -0.2) is 20.7 Å². The topological polar surface area (TPSA) is 67.2 Å². The zero-order chi connectivity index (χ0) is 17.6. The van der Waals surface area contributed by atoms with E-state index in [4.69, 9.17) is 5.21 Å². The van der Waals surface area contributed by atoms with E-state index in [9.17, 15) is 4.79 Å². The van der Waals surface area contributed by atoms with Crippen molar-refractivity contribution in [1.82, 2.24) is 15.0 Å². The fourth-order valence-electron chi connectivity index (χ4n) is 2.98. The molecule has 1 unspecified atom stereocenters. The second kappa shape index (κ2) is 7.77. The largest absolute Gasteiger partial charge is 0.327 e. The lowest BCUT2D eigenvalue weighted by atomic mass is 10.0. The molecule has 0 radical (unpaired) electrons. The van der Waals surface area contributed by atoms with Gasteiger partial charge in [-0.2, -0.15) is 0 Å². The minimum atomic E-state index is -0.556. The number of carbonyl (C=O) groups excluding carboxylic acids is 1. The van der Waals surface area contributed by atoms with E-state index < -0.39 is 5.91 Å². The summed E-state index contributed by atoms with van der Waals surface area (Å²) in [5.74, 6) is -0.556. The number of imidazole rings is 1. The van der Waals surface area contributed by atoms with Gasteiger partial charge in [0.25, 0.3) is 5.91 Å². The smallest absolute Gasteiger partial charge is 0.267 e. The van der Waals surface area contributed by atoms with Crippen molar-refractivity contribution in [2.75, 3.05) is 0 Å². The molecule has 0 spiro atoms. The maximum absolute atomic E-state index is 11.1. The quantitative estimate of drug-likeness (QED) is 0.409. The molecule has 1 heterocycles. The van der Waals surface area contributed by atoms with Crippen LogP contribution in [0, 0.1) is 0 Å². The molecule has 5 heteroatoms. The van der Waals surface area contributed by atoms with Crippen LogP contribution in [0.15, 0.2) is 60.9 Å². The Bertz CT molecular complexity index is 884. The summed E-state index contributed by atoms with van der Waals surface area (Å²) in [6, 6.07) is 16.7. The van der Waals surface area contributed by atoms with Crippen molar-refractivity contribution in [3.63, 3.8) is 0 Å². The van der Waals surface area contributed by atoms with E-state index in [1.54, 1.807) is 11.6 Å². The summed E-state index contributed by atoms with van der Waals surface area (Å²) >= 11 is 0. The van der Waals surface area contributed by atoms with E-state index in [2.05, 4.69) is 40.7 Å². The average molecular weight is 335 g/mol. The fraction of sp³-hybridized carbons (Fsp3) is 0.200. The van der Waals surface area contributed by atoms with Crippen LogP contribution in [-0.2, 0) is 11.2 Å². The van der Waals surface area contributed by atoms with E-state index in [0.29, 0.717) is 6.04 Å². The van der Waals surface area contributed by atoms with Gasteiger partial charge in [-0.3, -0.25) is 10.0 Å². The molecule has 0 aliphatic carbocycles. The molecule has 2 aromatic carbocycles. The van der Waals surface area contributed by atoms with Gasteiger partial charge in [-0.25, -0.2) is 10.5 Å². The number of hydroxylamine groups is 1. The second-order valence-electron chi connectivity index (χ2n) is 5.96. The van der Waals surface area contributed by atoms with E-state index in [-0.39, 0.29) is 0 Å². The van der Waals surface area contributed by atoms with Crippen molar-refractivity contribution in [3.8, 4) is 0 Å². The van der Waals surface area contributed by atoms with Gasteiger partial charge in [0, 0.05) is 12.1 Å². The molecule has 0 bridgehead atoms. The third-order valence-electron chi connectivity index (χ3n) is 4.32. The minimum absolute atomic E-state index is 0.342. The maximum Gasteiger partial charge on any atom is 0.267 e. The highest BCUT2D eigenvalue weighted by molar-refractivity contribution is 5.91. The van der Waals surface area contributed by atoms with Gasteiger partial charge in [-0.05, 0) is 42.2 Å². The van der Waals surface area contributed by atoms with E-state index in [1.807, 2.05) is 30.6 Å². The highest BCUT2D eigenvalue weighted by Crippen LogP contribution is 2.24. The van der Waals surface area contributed by atoms with Crippen LogP contribution in [0.5, 0.6) is 0 Å². The number of nitrogens with zero attached hydrogens (tertiary/aromatic N) is 2. The summed E-state index contributed by atoms with van der Waals surface area (Å²) < 4.78 is 2.22. The Hall–Kier alpha value is -2.92. The molecule has 1 atom stereocenters. The lowest BCUT2D eigenvalue weighted by Gasteiger charge is -2.18. The predicted molar refractivity (Wildman–Crippen MR) is 98.2 cm³/mol. The third kappa shape index (κ3) is 3.95. The van der Waals surface area contributed by atoms with Crippen molar-refractivity contribution in [1.29, 1.82) is 0 Å². The van der Waals surface area contributed by atoms with Crippen molar-refractivity contribution in [2.45, 2.75) is 25.8 Å². The highest BCUT2D eigenvalue weighted by Gasteiger charge is 2.13. The van der Waals surface area contributed by atoms with Crippen LogP contribution in [0.3, 0.4) is 0 Å². The van der Waals surface area contributed by atoms with Crippen LogP contribution < -0.4 is 5.48 Å². The number of hydrogen-bond donors (Lipinski definition) is 2. The van der Waals surface area contributed by atoms with Gasteiger partial charge < -0.3 is 4.57 Å². The fourth-order valence-corrected chi connectivity index (χ4v) is 2.98. The first-order valence-corrected chi connectivity index (χ1v) is 8.34. The van der Waals surface area contributed by atoms with Gasteiger partial charge in [0.1, 0.15) is 0 Å². The van der Waals surface area contributed by atoms with Crippen LogP contribution in [0.2, 0.25) is 0 Å². The molecule has 1 aromatic heterocycles. The summed E-state index contributed by atoms with van der Waals surface area (Å²) in [6.07, 6.45) is 6.78. The summed E-state index contributed by atoms with van der Waals surface area (Å²) in [6.45, 7) is 2.18. The van der Waals surface area contributed by atoms with Crippen molar-refractivity contribution in [2.24, 2.45) is 0 Å². The number of rotatable bonds is 6. The van der Waals surface area contributed by atoms with Crippen molar-refractivity contribution >= 4 is 23.0 Å². The first-order valence-electron chi connectivity index (χ1n) is 8.34. The molecule has 3 aromatic rings. The zero-order valence-corrected chi connectivity index (χ0v) is 14.1. The molecule has 25 heavy (non-hydrogen) atoms. The van der Waals surface area contributed by atoms with Gasteiger partial charge in [-0.15, -0.1) is 0 Å². The summed E-state index contributed by atoms with van der Waals surface area (Å²) in [5.41, 5.74) is 5.71. The van der Waals surface area contributed by atoms with Crippen molar-refractivity contribution < 1.29 is 10.0 Å². The van der Waals surface area contributed by atoms with Gasteiger partial charge in [0.05, 0.1) is 17.4 Å². The van der Waals surface area contributed by atoms with Crippen molar-refractivity contribution in [3.05, 3.63) is 72.1 Å². The highest BCUT2D eigenvalue weighted by atomic mass is 16.5. The number of benzene rings is 2. The Kier molecular flexibility index (Phi) is 5.26. The third-order valence-corrected chi connectivity index (χ3v) is 4.32. The van der Waals surface area contributed by atoms with Crippen LogP contribution >= 0.6 is 0 Å². The molecular weight excluding hydrogens is 314 g/mol. The first-order chi connectivity index (χ1) is 12.2. The molecule has 2 N–H and O–H groups in total. The Morgan fingerprint density at radius 1 is 1.28 bits per heavy atom. The molecule has 0 aliphatic rings. The average Bonchev–Trinajstić information content (AvgIpc) is 3.08. The summed E-state index contributed by atoms with van der Waals surface area (Å²) in [4.78, 5) is 15.6. The molecule has 0 saturated heterocycles. The Balaban J connectivity index is 1.86. The van der Waals surface area contributed by atoms with Crippen LogP contribution in [0.25, 0.3) is 17.1 Å². The maximum atomic E-state index is 11.1. The lowest BCUT2D eigenvalue weighted by Crippen LogP contribution is -2.14. The number of nitrogens with one attached hydrogen (secondary N) is 1. The van der Waals surface area contributed by atoms with Gasteiger partial charge >= 0.3 is 0 Å². The van der Waals surface area contributed by atoms with E-state index >= 15 is 0 Å². The van der Waals surface area contributed by atoms with E-state index in [0.717, 1.165) is 29.4 Å². The zero-order valence-electron chi connectivity index (χ0n) is 14.1. The first kappa shape index (κ1) is 16.9. The molecule has 128 valence electrons. The van der Waals surface area contributed by atoms with Crippen LogP contribution in [0.4, 0.5) is 0 Å². The minimum Gasteiger partial charge on any atom is -0.327 e. The molecule has 0 saturated carbocycles. The monoisotopic (exact) mass is 335 g/mol. The number of hydrogen-bond acceptors (Lipinski definition) is 3. The Morgan fingerprint density at radius 3 is 2.80 bits per heavy atom. The SMILES string of the molecule is CCC(Cc1ccccc1)n1cnc2cc(C=CC(=O)NO)ccc21.